The Morgan fingerprint density at radius 1 is 1.14 bits per heavy atom. The summed E-state index contributed by atoms with van der Waals surface area (Å²) in [5, 5.41) is 4.04. The van der Waals surface area contributed by atoms with Crippen molar-refractivity contribution in [1.29, 1.82) is 0 Å². The van der Waals surface area contributed by atoms with Crippen molar-refractivity contribution in [2.24, 2.45) is 7.05 Å². The number of aryl methyl sites for hydroxylation is 1. The summed E-state index contributed by atoms with van der Waals surface area (Å²) in [7, 11) is 5.45. The van der Waals surface area contributed by atoms with Crippen molar-refractivity contribution >= 4 is 22.6 Å². The summed E-state index contributed by atoms with van der Waals surface area (Å²) in [4.78, 5) is 50.2. The number of carbonyl (C=O) groups excluding carboxylic acids is 2. The number of ketones is 1. The largest absolute Gasteiger partial charge is 0.442 e. The van der Waals surface area contributed by atoms with Crippen molar-refractivity contribution in [2.75, 3.05) is 20.6 Å². The second-order valence-corrected chi connectivity index (χ2v) is 9.40. The van der Waals surface area contributed by atoms with Gasteiger partial charge in [-0.1, -0.05) is 18.9 Å². The highest BCUT2D eigenvalue weighted by Gasteiger charge is 2.19. The average Bonchev–Trinajstić information content (AvgIpc) is 3.57. The topological polar surface area (TPSA) is 126 Å². The number of likely N-dealkylation sites (N-methyl/N-ethyl adjacent to an activating group) is 1. The first kappa shape index (κ1) is 26.0. The number of carbonyl (C=O) groups is 2. The van der Waals surface area contributed by atoms with Crippen LogP contribution in [0, 0.1) is 0 Å². The highest BCUT2D eigenvalue weighted by atomic mass is 16.3. The number of Topliss-reactive ketones (excluding diaryl/α,β-unsaturated/α-hetero) is 1. The summed E-state index contributed by atoms with van der Waals surface area (Å²) >= 11 is 0. The molecule has 2 N–H and O–H groups in total. The lowest BCUT2D eigenvalue weighted by molar-refractivity contribution is -0.122. The van der Waals surface area contributed by atoms with Gasteiger partial charge in [0, 0.05) is 25.1 Å². The maximum absolute atomic E-state index is 12.5. The number of aromatic nitrogens is 4. The van der Waals surface area contributed by atoms with Gasteiger partial charge in [0.05, 0.1) is 36.2 Å². The van der Waals surface area contributed by atoms with E-state index in [1.165, 1.54) is 12.5 Å². The van der Waals surface area contributed by atoms with Gasteiger partial charge in [-0.3, -0.25) is 14.4 Å². The van der Waals surface area contributed by atoms with E-state index in [4.69, 9.17) is 4.42 Å². The predicted octanol–water partition coefficient (Wildman–Crippen LogP) is 3.47. The van der Waals surface area contributed by atoms with Crippen molar-refractivity contribution in [3.8, 4) is 11.3 Å². The van der Waals surface area contributed by atoms with Gasteiger partial charge in [-0.25, -0.2) is 9.97 Å². The molecule has 0 aliphatic rings. The Morgan fingerprint density at radius 2 is 1.97 bits per heavy atom. The molecular formula is C27H32N6O4. The number of benzene rings is 1. The Labute approximate surface area is 214 Å². The number of hydrogen-bond donors (Lipinski definition) is 2. The summed E-state index contributed by atoms with van der Waals surface area (Å²) < 4.78 is 6.68. The standard InChI is InChI=1S/C27H32N6O4/c1-32(2)17-24(35)30-20(7-5-4-6-8-23(34)27-28-13-14-37-27)26-29-16-21(31-26)18-9-11-22-19(15-18)10-12-25(36)33(22)3/h9-16,20H,4-8,17H2,1-3H3,(H,29,31)(H,30,35)/t20-/m0/s1. The molecule has 3 heterocycles. The minimum atomic E-state index is -0.287. The summed E-state index contributed by atoms with van der Waals surface area (Å²) in [5.74, 6) is 0.636. The lowest BCUT2D eigenvalue weighted by atomic mass is 10.0. The number of nitrogens with one attached hydrogen (secondary N) is 2. The van der Waals surface area contributed by atoms with Crippen molar-refractivity contribution in [3.63, 3.8) is 0 Å². The zero-order chi connectivity index (χ0) is 26.4. The molecule has 0 unspecified atom stereocenters. The molecule has 3 aromatic heterocycles. The number of unbranched alkanes of at least 4 members (excludes halogenated alkanes) is 2. The Morgan fingerprint density at radius 3 is 2.73 bits per heavy atom. The number of oxazole rings is 1. The lowest BCUT2D eigenvalue weighted by Gasteiger charge is -2.18. The number of H-pyrrole nitrogens is 1. The van der Waals surface area contributed by atoms with Gasteiger partial charge in [-0.05, 0) is 50.5 Å². The first-order valence-electron chi connectivity index (χ1n) is 12.3. The van der Waals surface area contributed by atoms with Gasteiger partial charge in [0.1, 0.15) is 12.1 Å². The quantitative estimate of drug-likeness (QED) is 0.223. The van der Waals surface area contributed by atoms with E-state index in [9.17, 15) is 14.4 Å². The van der Waals surface area contributed by atoms with Crippen LogP contribution >= 0.6 is 0 Å². The summed E-state index contributed by atoms with van der Waals surface area (Å²) in [6, 6.07) is 8.96. The predicted molar refractivity (Wildman–Crippen MR) is 140 cm³/mol. The third kappa shape index (κ3) is 6.59. The molecule has 0 saturated heterocycles. The van der Waals surface area contributed by atoms with E-state index in [1.54, 1.807) is 23.9 Å². The number of amides is 1. The van der Waals surface area contributed by atoms with Gasteiger partial charge >= 0.3 is 0 Å². The van der Waals surface area contributed by atoms with E-state index in [1.807, 2.05) is 43.3 Å². The number of hydrogen-bond acceptors (Lipinski definition) is 7. The normalized spacial score (nSPS) is 12.2. The molecule has 0 bridgehead atoms. The molecule has 0 fully saturated rings. The van der Waals surface area contributed by atoms with Crippen molar-refractivity contribution in [1.82, 2.24) is 29.7 Å². The van der Waals surface area contributed by atoms with E-state index < -0.39 is 0 Å². The zero-order valence-electron chi connectivity index (χ0n) is 21.4. The van der Waals surface area contributed by atoms with Crippen LogP contribution in [0.2, 0.25) is 0 Å². The maximum atomic E-state index is 12.5. The van der Waals surface area contributed by atoms with E-state index in [-0.39, 0.29) is 35.7 Å². The molecule has 0 aliphatic heterocycles. The molecule has 0 aliphatic carbocycles. The van der Waals surface area contributed by atoms with Crippen LogP contribution in [-0.2, 0) is 11.8 Å². The van der Waals surface area contributed by atoms with Crippen LogP contribution in [0.3, 0.4) is 0 Å². The molecule has 0 spiro atoms. The minimum absolute atomic E-state index is 0.0533. The van der Waals surface area contributed by atoms with Crippen molar-refractivity contribution in [3.05, 3.63) is 71.1 Å². The third-order valence-corrected chi connectivity index (χ3v) is 6.22. The first-order valence-corrected chi connectivity index (χ1v) is 12.3. The van der Waals surface area contributed by atoms with Crippen LogP contribution in [0.1, 0.15) is 54.7 Å². The second kappa shape index (κ2) is 11.8. The van der Waals surface area contributed by atoms with E-state index in [0.29, 0.717) is 25.1 Å². The molecular weight excluding hydrogens is 472 g/mol. The van der Waals surface area contributed by atoms with Gasteiger partial charge in [0.2, 0.25) is 11.7 Å². The summed E-state index contributed by atoms with van der Waals surface area (Å²) in [5.41, 5.74) is 2.57. The minimum Gasteiger partial charge on any atom is -0.442 e. The number of imidazole rings is 1. The molecule has 1 amide bonds. The van der Waals surface area contributed by atoms with Crippen LogP contribution in [0.15, 0.2) is 58.2 Å². The van der Waals surface area contributed by atoms with Gasteiger partial charge in [-0.15, -0.1) is 0 Å². The van der Waals surface area contributed by atoms with Crippen LogP contribution in [0.4, 0.5) is 0 Å². The maximum Gasteiger partial charge on any atom is 0.263 e. The van der Waals surface area contributed by atoms with Gasteiger partial charge in [0.25, 0.3) is 11.4 Å². The fourth-order valence-electron chi connectivity index (χ4n) is 4.30. The van der Waals surface area contributed by atoms with Crippen molar-refractivity contribution < 1.29 is 14.0 Å². The first-order chi connectivity index (χ1) is 17.8. The van der Waals surface area contributed by atoms with Crippen LogP contribution < -0.4 is 10.9 Å². The zero-order valence-corrected chi connectivity index (χ0v) is 21.4. The lowest BCUT2D eigenvalue weighted by Crippen LogP contribution is -2.36. The SMILES string of the molecule is CN(C)CC(=O)N[C@@H](CCCCCC(=O)c1ncco1)c1ncc(-c2ccc3c(ccc(=O)n3C)c2)[nH]1. The molecule has 0 radical (unpaired) electrons. The highest BCUT2D eigenvalue weighted by molar-refractivity contribution is 5.91. The Bertz CT molecular complexity index is 1420. The Balaban J connectivity index is 1.44. The molecule has 0 saturated carbocycles. The molecule has 37 heavy (non-hydrogen) atoms. The fourth-order valence-corrected chi connectivity index (χ4v) is 4.30. The van der Waals surface area contributed by atoms with Crippen molar-refractivity contribution in [2.45, 2.75) is 38.1 Å². The van der Waals surface area contributed by atoms with Crippen LogP contribution in [0.5, 0.6) is 0 Å². The monoisotopic (exact) mass is 504 g/mol. The number of nitrogens with zero attached hydrogens (tertiary/aromatic N) is 4. The molecule has 10 nitrogen and oxygen atoms in total. The van der Waals surface area contributed by atoms with Crippen LogP contribution in [0.25, 0.3) is 22.2 Å². The second-order valence-electron chi connectivity index (χ2n) is 9.40. The molecule has 194 valence electrons. The molecule has 1 aromatic carbocycles. The molecule has 1 atom stereocenters. The number of aromatic amines is 1. The molecule has 4 rings (SSSR count). The highest BCUT2D eigenvalue weighted by Crippen LogP contribution is 2.25. The van der Waals surface area contributed by atoms with Gasteiger partial charge in [0.15, 0.2) is 0 Å². The number of rotatable bonds is 12. The van der Waals surface area contributed by atoms with Gasteiger partial charge in [-0.2, -0.15) is 0 Å². The Kier molecular flexibility index (Phi) is 8.29. The fraction of sp³-hybridized carbons (Fsp3) is 0.370. The summed E-state index contributed by atoms with van der Waals surface area (Å²) in [6.07, 6.45) is 8.02. The summed E-state index contributed by atoms with van der Waals surface area (Å²) in [6.45, 7) is 0.276. The van der Waals surface area contributed by atoms with E-state index >= 15 is 0 Å². The molecule has 10 heteroatoms. The number of fused-ring (bicyclic) bond motifs is 1. The van der Waals surface area contributed by atoms with E-state index in [0.717, 1.165) is 35.0 Å². The molecule has 4 aromatic rings. The van der Waals surface area contributed by atoms with Gasteiger partial charge < -0.3 is 24.2 Å². The third-order valence-electron chi connectivity index (χ3n) is 6.22. The Hall–Kier alpha value is -4.05. The average molecular weight is 505 g/mol. The van der Waals surface area contributed by atoms with E-state index in [2.05, 4.69) is 20.3 Å². The van der Waals surface area contributed by atoms with Crippen LogP contribution in [-0.4, -0.2) is 56.7 Å². The smallest absolute Gasteiger partial charge is 0.263 e. The number of pyridine rings is 1.